The lowest BCUT2D eigenvalue weighted by Crippen LogP contribution is -1.94. The molecule has 0 aliphatic carbocycles. The first-order valence-electron chi connectivity index (χ1n) is 4.88. The Balaban J connectivity index is 0.000000791. The summed E-state index contributed by atoms with van der Waals surface area (Å²) in [6, 6.07) is 1.89. The molecule has 0 amide bonds. The van der Waals surface area contributed by atoms with E-state index in [9.17, 15) is 0 Å². The minimum Gasteiger partial charge on any atom is -0.493 e. The summed E-state index contributed by atoms with van der Waals surface area (Å²) in [5, 5.41) is 0. The Morgan fingerprint density at radius 1 is 1.14 bits per heavy atom. The summed E-state index contributed by atoms with van der Waals surface area (Å²) in [4.78, 5) is 4.17. The topological polar surface area (TPSA) is 31.4 Å². The van der Waals surface area contributed by atoms with Crippen LogP contribution >= 0.6 is 0 Å². The van der Waals surface area contributed by atoms with Crippen LogP contribution in [0.3, 0.4) is 0 Å². The summed E-state index contributed by atoms with van der Waals surface area (Å²) in [5.74, 6) is 1.42. The van der Waals surface area contributed by atoms with E-state index in [1.165, 1.54) is 0 Å². The van der Waals surface area contributed by atoms with Crippen LogP contribution in [-0.2, 0) is 6.42 Å². The van der Waals surface area contributed by atoms with Gasteiger partial charge >= 0.3 is 0 Å². The smallest absolute Gasteiger partial charge is 0.179 e. The molecular weight excluding hydrogens is 178 g/mol. The first-order chi connectivity index (χ1) is 6.81. The predicted octanol–water partition coefficient (Wildman–Crippen LogP) is 2.69. The number of aryl methyl sites for hydroxylation is 1. The SMILES string of the molecule is CC.CCc1cc(OC)c(OC)cn1. The lowest BCUT2D eigenvalue weighted by molar-refractivity contribution is 0.352. The number of pyridine rings is 1. The fourth-order valence-corrected chi connectivity index (χ4v) is 0.971. The lowest BCUT2D eigenvalue weighted by atomic mass is 10.3. The Labute approximate surface area is 86.1 Å². The summed E-state index contributed by atoms with van der Waals surface area (Å²) >= 11 is 0. The van der Waals surface area contributed by atoms with Gasteiger partial charge in [0.25, 0.3) is 0 Å². The van der Waals surface area contributed by atoms with Crippen LogP contribution in [0.25, 0.3) is 0 Å². The summed E-state index contributed by atoms with van der Waals surface area (Å²) in [7, 11) is 3.22. The molecule has 0 atom stereocenters. The molecule has 1 aromatic rings. The van der Waals surface area contributed by atoms with Gasteiger partial charge in [-0.05, 0) is 6.42 Å². The fraction of sp³-hybridized carbons (Fsp3) is 0.545. The lowest BCUT2D eigenvalue weighted by Gasteiger charge is -2.07. The Hall–Kier alpha value is -1.25. The summed E-state index contributed by atoms with van der Waals surface area (Å²) in [5.41, 5.74) is 1.01. The average molecular weight is 197 g/mol. The third kappa shape index (κ3) is 3.24. The van der Waals surface area contributed by atoms with E-state index in [2.05, 4.69) is 4.98 Å². The molecule has 0 aliphatic heterocycles. The van der Waals surface area contributed by atoms with Crippen molar-refractivity contribution in [3.05, 3.63) is 18.0 Å². The number of rotatable bonds is 3. The van der Waals surface area contributed by atoms with E-state index >= 15 is 0 Å². The number of hydrogen-bond donors (Lipinski definition) is 0. The van der Waals surface area contributed by atoms with Gasteiger partial charge in [0.05, 0.1) is 20.4 Å². The van der Waals surface area contributed by atoms with Crippen molar-refractivity contribution >= 4 is 0 Å². The van der Waals surface area contributed by atoms with Crippen LogP contribution < -0.4 is 9.47 Å². The van der Waals surface area contributed by atoms with Crippen molar-refractivity contribution in [1.82, 2.24) is 4.98 Å². The molecule has 0 N–H and O–H groups in total. The molecule has 1 heterocycles. The minimum atomic E-state index is 0.676. The Kier molecular flexibility index (Phi) is 6.54. The van der Waals surface area contributed by atoms with Crippen molar-refractivity contribution in [3.8, 4) is 11.5 Å². The van der Waals surface area contributed by atoms with E-state index in [1.807, 2.05) is 26.8 Å². The summed E-state index contributed by atoms with van der Waals surface area (Å²) in [6.07, 6.45) is 2.58. The third-order valence-electron chi connectivity index (χ3n) is 1.69. The highest BCUT2D eigenvalue weighted by atomic mass is 16.5. The van der Waals surface area contributed by atoms with Crippen LogP contribution in [0.4, 0.5) is 0 Å². The standard InChI is InChI=1S/C9H13NO2.C2H6/c1-4-7-5-8(11-2)9(12-3)6-10-7;1-2/h5-6H,4H2,1-3H3;1-2H3. The first kappa shape index (κ1) is 12.8. The zero-order valence-electron chi connectivity index (χ0n) is 9.63. The molecule has 0 radical (unpaired) electrons. The number of ether oxygens (including phenoxy) is 2. The maximum absolute atomic E-state index is 5.11. The zero-order chi connectivity index (χ0) is 11.0. The average Bonchev–Trinajstić information content (AvgIpc) is 2.30. The van der Waals surface area contributed by atoms with E-state index < -0.39 is 0 Å². The van der Waals surface area contributed by atoms with E-state index in [0.29, 0.717) is 5.75 Å². The van der Waals surface area contributed by atoms with Gasteiger partial charge in [0.1, 0.15) is 0 Å². The number of hydrogen-bond acceptors (Lipinski definition) is 3. The fourth-order valence-electron chi connectivity index (χ4n) is 0.971. The third-order valence-corrected chi connectivity index (χ3v) is 1.69. The van der Waals surface area contributed by atoms with Crippen molar-refractivity contribution < 1.29 is 9.47 Å². The quantitative estimate of drug-likeness (QED) is 0.746. The summed E-state index contributed by atoms with van der Waals surface area (Å²) in [6.45, 7) is 6.05. The second-order valence-corrected chi connectivity index (χ2v) is 2.38. The van der Waals surface area contributed by atoms with Crippen LogP contribution in [0, 0.1) is 0 Å². The van der Waals surface area contributed by atoms with E-state index in [4.69, 9.17) is 9.47 Å². The molecule has 0 aliphatic rings. The molecule has 1 aromatic heterocycles. The molecule has 0 spiro atoms. The molecule has 0 bridgehead atoms. The molecule has 0 aromatic carbocycles. The molecule has 80 valence electrons. The van der Waals surface area contributed by atoms with Gasteiger partial charge in [-0.25, -0.2) is 0 Å². The molecule has 3 nitrogen and oxygen atoms in total. The Morgan fingerprint density at radius 3 is 2.14 bits per heavy atom. The highest BCUT2D eigenvalue weighted by molar-refractivity contribution is 5.38. The van der Waals surface area contributed by atoms with Gasteiger partial charge in [0, 0.05) is 11.8 Å². The maximum atomic E-state index is 5.11. The van der Waals surface area contributed by atoms with Crippen LogP contribution in [0.2, 0.25) is 0 Å². The largest absolute Gasteiger partial charge is 0.493 e. The van der Waals surface area contributed by atoms with Crippen LogP contribution in [0.1, 0.15) is 26.5 Å². The van der Waals surface area contributed by atoms with Crippen LogP contribution in [-0.4, -0.2) is 19.2 Å². The first-order valence-corrected chi connectivity index (χ1v) is 4.88. The van der Waals surface area contributed by atoms with E-state index in [1.54, 1.807) is 20.4 Å². The van der Waals surface area contributed by atoms with Gasteiger partial charge in [-0.3, -0.25) is 4.98 Å². The highest BCUT2D eigenvalue weighted by Crippen LogP contribution is 2.25. The van der Waals surface area contributed by atoms with Crippen molar-refractivity contribution in [2.24, 2.45) is 0 Å². The second-order valence-electron chi connectivity index (χ2n) is 2.38. The minimum absolute atomic E-state index is 0.676. The predicted molar refractivity (Wildman–Crippen MR) is 58.1 cm³/mol. The van der Waals surface area contributed by atoms with Gasteiger partial charge in [0.15, 0.2) is 11.5 Å². The molecule has 0 saturated heterocycles. The van der Waals surface area contributed by atoms with Crippen LogP contribution in [0.5, 0.6) is 11.5 Å². The van der Waals surface area contributed by atoms with Crippen molar-refractivity contribution in [1.29, 1.82) is 0 Å². The monoisotopic (exact) mass is 197 g/mol. The molecule has 0 unspecified atom stereocenters. The van der Waals surface area contributed by atoms with Gasteiger partial charge in [-0.1, -0.05) is 20.8 Å². The Morgan fingerprint density at radius 2 is 1.71 bits per heavy atom. The number of methoxy groups -OCH3 is 2. The normalized spacial score (nSPS) is 8.64. The number of nitrogens with zero attached hydrogens (tertiary/aromatic N) is 1. The van der Waals surface area contributed by atoms with Crippen LogP contribution in [0.15, 0.2) is 12.3 Å². The number of aromatic nitrogens is 1. The Bertz CT molecular complexity index is 261. The van der Waals surface area contributed by atoms with Crippen molar-refractivity contribution in [3.63, 3.8) is 0 Å². The van der Waals surface area contributed by atoms with Gasteiger partial charge < -0.3 is 9.47 Å². The molecule has 0 saturated carbocycles. The zero-order valence-corrected chi connectivity index (χ0v) is 9.63. The van der Waals surface area contributed by atoms with Gasteiger partial charge in [-0.2, -0.15) is 0 Å². The molecule has 1 rings (SSSR count). The highest BCUT2D eigenvalue weighted by Gasteiger charge is 2.03. The van der Waals surface area contributed by atoms with E-state index in [0.717, 1.165) is 17.9 Å². The molecule has 0 fully saturated rings. The second kappa shape index (κ2) is 7.18. The van der Waals surface area contributed by atoms with E-state index in [-0.39, 0.29) is 0 Å². The van der Waals surface area contributed by atoms with Crippen molar-refractivity contribution in [2.75, 3.05) is 14.2 Å². The van der Waals surface area contributed by atoms with Gasteiger partial charge in [0.2, 0.25) is 0 Å². The molecule has 3 heteroatoms. The molecule has 14 heavy (non-hydrogen) atoms. The molecular formula is C11H19NO2. The summed E-state index contributed by atoms with van der Waals surface area (Å²) < 4.78 is 10.2. The van der Waals surface area contributed by atoms with Crippen molar-refractivity contribution in [2.45, 2.75) is 27.2 Å². The maximum Gasteiger partial charge on any atom is 0.179 e. The van der Waals surface area contributed by atoms with Gasteiger partial charge in [-0.15, -0.1) is 0 Å².